The van der Waals surface area contributed by atoms with E-state index in [1.165, 1.54) is 0 Å². The molecule has 2 rings (SSSR count). The van der Waals surface area contributed by atoms with Gasteiger partial charge >= 0.3 is 0 Å². The Labute approximate surface area is 192 Å². The standard InChI is InChI=1S/C24H37N5O3/c1-5-25-24(27-14-16-29(3)15-7-17-30-4)28-19-20-12-13-26-23(18-20)32-22-10-8-21(9-11-22)31-6-2/h8-13,18H,5-7,14-17,19H2,1-4H3,(H2,25,27,28). The molecule has 1 aromatic carbocycles. The summed E-state index contributed by atoms with van der Waals surface area (Å²) in [5, 5.41) is 6.68. The summed E-state index contributed by atoms with van der Waals surface area (Å²) in [6.45, 7) is 9.54. The molecular formula is C24H37N5O3. The number of hydrogen-bond acceptors (Lipinski definition) is 6. The van der Waals surface area contributed by atoms with Gasteiger partial charge in [0.2, 0.25) is 5.88 Å². The molecule has 0 saturated carbocycles. The third kappa shape index (κ3) is 9.98. The largest absolute Gasteiger partial charge is 0.494 e. The summed E-state index contributed by atoms with van der Waals surface area (Å²) in [4.78, 5) is 11.3. The Hall–Kier alpha value is -2.84. The first kappa shape index (κ1) is 25.4. The van der Waals surface area contributed by atoms with Gasteiger partial charge in [0.15, 0.2) is 5.96 Å². The number of aliphatic imine (C=N–C) groups is 1. The van der Waals surface area contributed by atoms with Crippen LogP contribution >= 0.6 is 0 Å². The van der Waals surface area contributed by atoms with Crippen molar-refractivity contribution in [2.75, 3.05) is 53.6 Å². The van der Waals surface area contributed by atoms with Crippen LogP contribution in [0.3, 0.4) is 0 Å². The van der Waals surface area contributed by atoms with E-state index in [0.717, 1.165) is 56.5 Å². The van der Waals surface area contributed by atoms with Gasteiger partial charge in [0.25, 0.3) is 0 Å². The Kier molecular flexibility index (Phi) is 12.0. The number of ether oxygens (including phenoxy) is 3. The Morgan fingerprint density at radius 1 is 1.06 bits per heavy atom. The molecule has 0 bridgehead atoms. The lowest BCUT2D eigenvalue weighted by atomic mass is 10.2. The zero-order valence-electron chi connectivity index (χ0n) is 19.8. The summed E-state index contributed by atoms with van der Waals surface area (Å²) in [5.41, 5.74) is 1.02. The van der Waals surface area contributed by atoms with Crippen LogP contribution in [0.15, 0.2) is 47.6 Å². The minimum atomic E-state index is 0.529. The topological polar surface area (TPSA) is 80.2 Å². The number of hydrogen-bond donors (Lipinski definition) is 2. The Bertz CT molecular complexity index is 798. The molecule has 0 fully saturated rings. The summed E-state index contributed by atoms with van der Waals surface area (Å²) in [5.74, 6) is 2.87. The molecule has 176 valence electrons. The number of likely N-dealkylation sites (N-methyl/N-ethyl adjacent to an activating group) is 1. The highest BCUT2D eigenvalue weighted by Crippen LogP contribution is 2.23. The number of methoxy groups -OCH3 is 1. The second-order valence-corrected chi connectivity index (χ2v) is 7.28. The molecule has 2 N–H and O–H groups in total. The molecule has 0 spiro atoms. The van der Waals surface area contributed by atoms with Gasteiger partial charge in [-0.1, -0.05) is 0 Å². The van der Waals surface area contributed by atoms with Crippen LogP contribution in [-0.4, -0.2) is 69.4 Å². The van der Waals surface area contributed by atoms with E-state index in [4.69, 9.17) is 19.2 Å². The first-order valence-corrected chi connectivity index (χ1v) is 11.2. The van der Waals surface area contributed by atoms with Crippen LogP contribution in [0.5, 0.6) is 17.4 Å². The zero-order valence-corrected chi connectivity index (χ0v) is 19.8. The van der Waals surface area contributed by atoms with Crippen LogP contribution in [0.25, 0.3) is 0 Å². The maximum atomic E-state index is 5.88. The fourth-order valence-electron chi connectivity index (χ4n) is 2.96. The van der Waals surface area contributed by atoms with Crippen molar-refractivity contribution in [3.63, 3.8) is 0 Å². The smallest absolute Gasteiger partial charge is 0.219 e. The lowest BCUT2D eigenvalue weighted by Gasteiger charge is -2.18. The fourth-order valence-corrected chi connectivity index (χ4v) is 2.96. The maximum absolute atomic E-state index is 5.88. The molecule has 0 aliphatic carbocycles. The van der Waals surface area contributed by atoms with Gasteiger partial charge < -0.3 is 29.7 Å². The van der Waals surface area contributed by atoms with Gasteiger partial charge in [-0.3, -0.25) is 0 Å². The van der Waals surface area contributed by atoms with E-state index in [0.29, 0.717) is 24.8 Å². The van der Waals surface area contributed by atoms with Crippen molar-refractivity contribution in [2.24, 2.45) is 4.99 Å². The molecule has 0 aliphatic heterocycles. The Balaban J connectivity index is 1.87. The summed E-state index contributed by atoms with van der Waals surface area (Å²) in [6, 6.07) is 11.4. The average Bonchev–Trinajstić information content (AvgIpc) is 2.79. The first-order valence-electron chi connectivity index (χ1n) is 11.2. The SMILES string of the molecule is CCNC(=NCc1ccnc(Oc2ccc(OCC)cc2)c1)NCCN(C)CCCOC. The quantitative estimate of drug-likeness (QED) is 0.263. The van der Waals surface area contributed by atoms with E-state index in [9.17, 15) is 0 Å². The predicted molar refractivity (Wildman–Crippen MR) is 129 cm³/mol. The Morgan fingerprint density at radius 3 is 2.56 bits per heavy atom. The number of benzene rings is 1. The van der Waals surface area contributed by atoms with Crippen molar-refractivity contribution in [1.82, 2.24) is 20.5 Å². The molecule has 0 aliphatic rings. The highest BCUT2D eigenvalue weighted by Gasteiger charge is 2.04. The normalized spacial score (nSPS) is 11.5. The summed E-state index contributed by atoms with van der Waals surface area (Å²) in [7, 11) is 3.85. The van der Waals surface area contributed by atoms with Crippen molar-refractivity contribution in [3.8, 4) is 17.4 Å². The fraction of sp³-hybridized carbons (Fsp3) is 0.500. The lowest BCUT2D eigenvalue weighted by molar-refractivity contribution is 0.180. The molecule has 0 atom stereocenters. The van der Waals surface area contributed by atoms with E-state index in [1.54, 1.807) is 13.3 Å². The van der Waals surface area contributed by atoms with Gasteiger partial charge in [-0.2, -0.15) is 0 Å². The average molecular weight is 444 g/mol. The predicted octanol–water partition coefficient (Wildman–Crippen LogP) is 3.30. The summed E-state index contributed by atoms with van der Waals surface area (Å²) < 4.78 is 16.4. The van der Waals surface area contributed by atoms with Crippen LogP contribution in [0.4, 0.5) is 0 Å². The van der Waals surface area contributed by atoms with Crippen molar-refractivity contribution in [1.29, 1.82) is 0 Å². The number of guanidine groups is 1. The molecule has 8 nitrogen and oxygen atoms in total. The molecular weight excluding hydrogens is 406 g/mol. The molecule has 32 heavy (non-hydrogen) atoms. The van der Waals surface area contributed by atoms with Gasteiger partial charge in [0.05, 0.1) is 13.2 Å². The van der Waals surface area contributed by atoms with Gasteiger partial charge in [0, 0.05) is 52.2 Å². The van der Waals surface area contributed by atoms with Crippen LogP contribution in [0, 0.1) is 0 Å². The van der Waals surface area contributed by atoms with Gasteiger partial charge in [0.1, 0.15) is 11.5 Å². The number of nitrogens with zero attached hydrogens (tertiary/aromatic N) is 3. The van der Waals surface area contributed by atoms with Crippen LogP contribution in [0.1, 0.15) is 25.8 Å². The van der Waals surface area contributed by atoms with E-state index in [1.807, 2.05) is 43.3 Å². The molecule has 0 radical (unpaired) electrons. The number of nitrogens with one attached hydrogen (secondary N) is 2. The molecule has 2 aromatic rings. The van der Waals surface area contributed by atoms with Crippen molar-refractivity contribution < 1.29 is 14.2 Å². The molecule has 8 heteroatoms. The monoisotopic (exact) mass is 443 g/mol. The van der Waals surface area contributed by atoms with Crippen LogP contribution < -0.4 is 20.1 Å². The molecule has 0 amide bonds. The number of pyridine rings is 1. The number of rotatable bonds is 14. The van der Waals surface area contributed by atoms with Crippen molar-refractivity contribution in [2.45, 2.75) is 26.8 Å². The van der Waals surface area contributed by atoms with Gasteiger partial charge in [-0.05, 0) is 63.2 Å². The van der Waals surface area contributed by atoms with Crippen molar-refractivity contribution >= 4 is 5.96 Å². The van der Waals surface area contributed by atoms with Gasteiger partial charge in [-0.15, -0.1) is 0 Å². The number of aromatic nitrogens is 1. The maximum Gasteiger partial charge on any atom is 0.219 e. The van der Waals surface area contributed by atoms with E-state index in [-0.39, 0.29) is 0 Å². The second-order valence-electron chi connectivity index (χ2n) is 7.28. The second kappa shape index (κ2) is 15.0. The minimum absolute atomic E-state index is 0.529. The highest BCUT2D eigenvalue weighted by atomic mass is 16.5. The van der Waals surface area contributed by atoms with Crippen LogP contribution in [0.2, 0.25) is 0 Å². The van der Waals surface area contributed by atoms with Gasteiger partial charge in [-0.25, -0.2) is 9.98 Å². The highest BCUT2D eigenvalue weighted by molar-refractivity contribution is 5.79. The van der Waals surface area contributed by atoms with E-state index in [2.05, 4.69) is 34.5 Å². The van der Waals surface area contributed by atoms with Crippen LogP contribution in [-0.2, 0) is 11.3 Å². The van der Waals surface area contributed by atoms with E-state index < -0.39 is 0 Å². The minimum Gasteiger partial charge on any atom is -0.494 e. The van der Waals surface area contributed by atoms with E-state index >= 15 is 0 Å². The van der Waals surface area contributed by atoms with Crippen molar-refractivity contribution in [3.05, 3.63) is 48.2 Å². The first-order chi connectivity index (χ1) is 15.6. The molecule has 1 heterocycles. The zero-order chi connectivity index (χ0) is 23.0. The lowest BCUT2D eigenvalue weighted by Crippen LogP contribution is -2.41. The molecule has 0 saturated heterocycles. The summed E-state index contributed by atoms with van der Waals surface area (Å²) >= 11 is 0. The molecule has 1 aromatic heterocycles. The third-order valence-electron chi connectivity index (χ3n) is 4.59. The summed E-state index contributed by atoms with van der Waals surface area (Å²) in [6.07, 6.45) is 2.77. The Morgan fingerprint density at radius 2 is 1.84 bits per heavy atom. The third-order valence-corrected chi connectivity index (χ3v) is 4.59. The molecule has 0 unspecified atom stereocenters.